The Kier molecular flexibility index (Phi) is 4.94. The number of hydrogen-bond donors (Lipinski definition) is 2. The van der Waals surface area contributed by atoms with E-state index in [2.05, 4.69) is 15.3 Å². The number of aryl methyl sites for hydroxylation is 1. The van der Waals surface area contributed by atoms with Crippen LogP contribution in [0.3, 0.4) is 0 Å². The lowest BCUT2D eigenvalue weighted by atomic mass is 9.85. The van der Waals surface area contributed by atoms with Crippen LogP contribution < -0.4 is 11.1 Å². The third-order valence-electron chi connectivity index (χ3n) is 5.31. The van der Waals surface area contributed by atoms with Crippen LogP contribution >= 0.6 is 11.8 Å². The first-order valence-electron chi connectivity index (χ1n) is 9.04. The van der Waals surface area contributed by atoms with Gasteiger partial charge in [0.15, 0.2) is 16.8 Å². The lowest BCUT2D eigenvalue weighted by Gasteiger charge is -2.31. The molecule has 1 fully saturated rings. The predicted molar refractivity (Wildman–Crippen MR) is 107 cm³/mol. The van der Waals surface area contributed by atoms with E-state index in [1.165, 1.54) is 30.1 Å². The van der Waals surface area contributed by atoms with Gasteiger partial charge < -0.3 is 11.1 Å². The van der Waals surface area contributed by atoms with E-state index in [9.17, 15) is 18.0 Å². The average molecular weight is 431 g/mol. The van der Waals surface area contributed by atoms with Crippen LogP contribution in [0.25, 0.3) is 0 Å². The molecule has 6 nitrogen and oxygen atoms in total. The molecule has 0 bridgehead atoms. The first-order valence-corrected chi connectivity index (χ1v) is 9.92. The highest BCUT2D eigenvalue weighted by atomic mass is 32.2. The maximum atomic E-state index is 14.7. The average Bonchev–Trinajstić information content (AvgIpc) is 3.49. The number of alkyl halides is 1. The molecule has 1 aromatic heterocycles. The van der Waals surface area contributed by atoms with Gasteiger partial charge in [-0.05, 0) is 31.0 Å². The van der Waals surface area contributed by atoms with Gasteiger partial charge in [-0.3, -0.25) is 4.79 Å². The van der Waals surface area contributed by atoms with E-state index in [0.717, 1.165) is 6.07 Å². The number of halogens is 3. The minimum absolute atomic E-state index is 0.00413. The van der Waals surface area contributed by atoms with E-state index in [1.54, 1.807) is 6.92 Å². The maximum absolute atomic E-state index is 14.7. The fourth-order valence-corrected chi connectivity index (χ4v) is 4.99. The van der Waals surface area contributed by atoms with Crippen LogP contribution in [0.2, 0.25) is 0 Å². The SMILES string of the molecule is Cc1cc(C#N)cnc1C(=O)Nc1cc(F)c(F)c([C@@]2(CF)N=C(N)S[C@H]3CC32)c1. The Bertz CT molecular complexity index is 1130. The summed E-state index contributed by atoms with van der Waals surface area (Å²) in [6, 6.07) is 5.41. The van der Waals surface area contributed by atoms with Gasteiger partial charge in [-0.2, -0.15) is 5.26 Å². The standard InChI is InChI=1S/C20H16F3N5OS/c1-9-2-10(6-24)7-26-17(9)18(29)27-11-3-13(16(23)14(22)4-11)20(8-21)12-5-15(12)30-19(25)28-20/h2-4,7,12,15H,5,8H2,1H3,(H2,25,28)(H,27,29)/t12?,15-,20-/m0/s1. The zero-order chi connectivity index (χ0) is 21.6. The molecule has 0 spiro atoms. The normalized spacial score (nSPS) is 24.4. The molecule has 3 N–H and O–H groups in total. The molecule has 2 aliphatic rings. The molecule has 1 aliphatic carbocycles. The smallest absolute Gasteiger partial charge is 0.274 e. The highest BCUT2D eigenvalue weighted by molar-refractivity contribution is 8.14. The maximum Gasteiger partial charge on any atom is 0.274 e. The second-order valence-electron chi connectivity index (χ2n) is 7.28. The molecule has 1 amide bonds. The third-order valence-corrected chi connectivity index (χ3v) is 6.46. The van der Waals surface area contributed by atoms with Gasteiger partial charge in [-0.15, -0.1) is 0 Å². The first kappa shape index (κ1) is 20.2. The summed E-state index contributed by atoms with van der Waals surface area (Å²) < 4.78 is 43.3. The summed E-state index contributed by atoms with van der Waals surface area (Å²) in [5, 5.41) is 11.5. The number of carbonyl (C=O) groups is 1. The fraction of sp³-hybridized carbons (Fsp3) is 0.300. The number of anilines is 1. The van der Waals surface area contributed by atoms with Crippen LogP contribution in [0.15, 0.2) is 29.4 Å². The highest BCUT2D eigenvalue weighted by Crippen LogP contribution is 2.58. The van der Waals surface area contributed by atoms with Gasteiger partial charge in [0, 0.05) is 34.7 Å². The number of pyridine rings is 1. The molecule has 2 heterocycles. The molecule has 4 rings (SSSR count). The number of hydrogen-bond acceptors (Lipinski definition) is 6. The van der Waals surface area contributed by atoms with Crippen LogP contribution in [0.5, 0.6) is 0 Å². The number of rotatable bonds is 4. The van der Waals surface area contributed by atoms with Crippen molar-refractivity contribution in [3.63, 3.8) is 0 Å². The summed E-state index contributed by atoms with van der Waals surface area (Å²) in [5.41, 5.74) is 4.59. The molecular weight excluding hydrogens is 415 g/mol. The minimum atomic E-state index is -1.62. The Balaban J connectivity index is 1.72. The molecule has 0 radical (unpaired) electrons. The number of aliphatic imine (C=N–C) groups is 1. The number of nitriles is 1. The molecule has 154 valence electrons. The Labute approximate surface area is 174 Å². The minimum Gasteiger partial charge on any atom is -0.379 e. The van der Waals surface area contributed by atoms with Gasteiger partial charge in [0.2, 0.25) is 0 Å². The van der Waals surface area contributed by atoms with Crippen molar-refractivity contribution in [3.8, 4) is 6.07 Å². The Morgan fingerprint density at radius 2 is 2.20 bits per heavy atom. The molecule has 0 saturated heterocycles. The number of aromatic nitrogens is 1. The van der Waals surface area contributed by atoms with Gasteiger partial charge in [0.05, 0.1) is 5.56 Å². The van der Waals surface area contributed by atoms with Gasteiger partial charge in [-0.1, -0.05) is 11.8 Å². The molecule has 30 heavy (non-hydrogen) atoms. The van der Waals surface area contributed by atoms with Crippen molar-refractivity contribution in [3.05, 3.63) is 58.4 Å². The molecule has 2 aromatic rings. The number of nitrogens with zero attached hydrogens (tertiary/aromatic N) is 3. The summed E-state index contributed by atoms with van der Waals surface area (Å²) in [6.07, 6.45) is 1.83. The predicted octanol–water partition coefficient (Wildman–Crippen LogP) is 3.41. The van der Waals surface area contributed by atoms with Crippen LogP contribution in [-0.2, 0) is 5.54 Å². The van der Waals surface area contributed by atoms with Crippen molar-refractivity contribution in [1.82, 2.24) is 4.98 Å². The van der Waals surface area contributed by atoms with Crippen molar-refractivity contribution >= 4 is 28.5 Å². The van der Waals surface area contributed by atoms with Crippen molar-refractivity contribution < 1.29 is 18.0 Å². The van der Waals surface area contributed by atoms with E-state index < -0.39 is 29.8 Å². The number of carbonyl (C=O) groups excluding carboxylic acids is 1. The summed E-state index contributed by atoms with van der Waals surface area (Å²) in [5.74, 6) is -3.42. The number of benzene rings is 1. The van der Waals surface area contributed by atoms with Gasteiger partial charge in [0.1, 0.15) is 24.0 Å². The van der Waals surface area contributed by atoms with Crippen molar-refractivity contribution in [2.45, 2.75) is 24.1 Å². The molecule has 3 atom stereocenters. The zero-order valence-electron chi connectivity index (χ0n) is 15.7. The zero-order valence-corrected chi connectivity index (χ0v) is 16.6. The summed E-state index contributed by atoms with van der Waals surface area (Å²) in [7, 11) is 0. The Hall–Kier alpha value is -3.06. The fourth-order valence-electron chi connectivity index (χ4n) is 3.77. The summed E-state index contributed by atoms with van der Waals surface area (Å²) in [6.45, 7) is 0.557. The summed E-state index contributed by atoms with van der Waals surface area (Å²) >= 11 is 1.30. The third kappa shape index (κ3) is 3.29. The van der Waals surface area contributed by atoms with Gasteiger partial charge in [-0.25, -0.2) is 23.1 Å². The number of amidine groups is 1. The van der Waals surface area contributed by atoms with Crippen molar-refractivity contribution in [1.29, 1.82) is 5.26 Å². The molecule has 1 aromatic carbocycles. The number of amides is 1. The molecule has 1 unspecified atom stereocenters. The van der Waals surface area contributed by atoms with E-state index in [4.69, 9.17) is 11.0 Å². The lowest BCUT2D eigenvalue weighted by molar-refractivity contribution is 0.102. The monoisotopic (exact) mass is 431 g/mol. The first-order chi connectivity index (χ1) is 14.3. The van der Waals surface area contributed by atoms with E-state index in [-0.39, 0.29) is 38.8 Å². The van der Waals surface area contributed by atoms with Crippen molar-refractivity contribution in [2.75, 3.05) is 12.0 Å². The van der Waals surface area contributed by atoms with Crippen LogP contribution in [0.4, 0.5) is 18.9 Å². The Morgan fingerprint density at radius 3 is 2.87 bits per heavy atom. The second kappa shape index (κ2) is 7.32. The molecular formula is C20H16F3N5OS. The van der Waals surface area contributed by atoms with Crippen LogP contribution in [0, 0.1) is 35.8 Å². The van der Waals surface area contributed by atoms with E-state index >= 15 is 0 Å². The number of nitrogens with one attached hydrogen (secondary N) is 1. The molecule has 10 heteroatoms. The lowest BCUT2D eigenvalue weighted by Crippen LogP contribution is -2.37. The van der Waals surface area contributed by atoms with Gasteiger partial charge >= 0.3 is 0 Å². The van der Waals surface area contributed by atoms with E-state index in [1.807, 2.05) is 6.07 Å². The Morgan fingerprint density at radius 1 is 1.43 bits per heavy atom. The van der Waals surface area contributed by atoms with Crippen LogP contribution in [-0.4, -0.2) is 28.0 Å². The molecule has 1 aliphatic heterocycles. The highest BCUT2D eigenvalue weighted by Gasteiger charge is 2.58. The number of thioether (sulfide) groups is 1. The second-order valence-corrected chi connectivity index (χ2v) is 8.54. The topological polar surface area (TPSA) is 104 Å². The van der Waals surface area contributed by atoms with Crippen LogP contribution in [0.1, 0.15) is 33.6 Å². The van der Waals surface area contributed by atoms with Gasteiger partial charge in [0.25, 0.3) is 5.91 Å². The number of nitrogens with two attached hydrogens (primary N) is 1. The number of fused-ring (bicyclic) bond motifs is 1. The van der Waals surface area contributed by atoms with E-state index in [0.29, 0.717) is 12.0 Å². The molecule has 1 saturated carbocycles. The summed E-state index contributed by atoms with van der Waals surface area (Å²) in [4.78, 5) is 20.7. The quantitative estimate of drug-likeness (QED) is 0.772. The van der Waals surface area contributed by atoms with Crippen molar-refractivity contribution in [2.24, 2.45) is 16.6 Å². The largest absolute Gasteiger partial charge is 0.379 e.